The maximum Gasteiger partial charge on any atom is 0.320 e. The van der Waals surface area contributed by atoms with Crippen LogP contribution in [-0.2, 0) is 4.79 Å². The van der Waals surface area contributed by atoms with Crippen molar-refractivity contribution in [2.24, 2.45) is 0 Å². The fourth-order valence-electron chi connectivity index (χ4n) is 3.80. The first-order valence-corrected chi connectivity index (χ1v) is 9.19. The number of aromatic nitrogens is 1. The van der Waals surface area contributed by atoms with Gasteiger partial charge in [-0.3, -0.25) is 14.7 Å². The number of carboxylic acids is 1. The Morgan fingerprint density at radius 3 is 2.70 bits per heavy atom. The Hall–Kier alpha value is -2.60. The van der Waals surface area contributed by atoms with Crippen LogP contribution in [0, 0.1) is 6.92 Å². The number of carbonyl (C=O) groups is 1. The van der Waals surface area contributed by atoms with Crippen LogP contribution in [0.2, 0.25) is 0 Å². The number of hydrogen-bond donors (Lipinski definition) is 1. The predicted octanol–water partition coefficient (Wildman–Crippen LogP) is 3.44. The third kappa shape index (κ3) is 4.06. The SMILES string of the molecule is COc1ccc(C(c2cccc(C)n2)N2CCCCC2C(=O)O)c(OC)c1. The van der Waals surface area contributed by atoms with E-state index < -0.39 is 12.0 Å². The highest BCUT2D eigenvalue weighted by atomic mass is 16.5. The van der Waals surface area contributed by atoms with Gasteiger partial charge in [-0.05, 0) is 50.6 Å². The lowest BCUT2D eigenvalue weighted by Gasteiger charge is -2.39. The van der Waals surface area contributed by atoms with Crippen LogP contribution in [0.15, 0.2) is 36.4 Å². The highest BCUT2D eigenvalue weighted by Crippen LogP contribution is 2.39. The lowest BCUT2D eigenvalue weighted by atomic mass is 9.93. The Kier molecular flexibility index (Phi) is 5.96. The molecule has 6 heteroatoms. The van der Waals surface area contributed by atoms with E-state index in [0.717, 1.165) is 29.8 Å². The first-order chi connectivity index (χ1) is 13.0. The second kappa shape index (κ2) is 8.39. The minimum absolute atomic E-state index is 0.299. The maximum atomic E-state index is 11.9. The molecular formula is C21H26N2O4. The molecule has 0 radical (unpaired) electrons. The van der Waals surface area contributed by atoms with Crippen LogP contribution in [0.25, 0.3) is 0 Å². The number of nitrogens with zero attached hydrogens (tertiary/aromatic N) is 2. The highest BCUT2D eigenvalue weighted by molar-refractivity contribution is 5.73. The molecule has 1 aromatic heterocycles. The summed E-state index contributed by atoms with van der Waals surface area (Å²) in [4.78, 5) is 18.7. The molecule has 2 aromatic rings. The predicted molar refractivity (Wildman–Crippen MR) is 102 cm³/mol. The van der Waals surface area contributed by atoms with Crippen LogP contribution in [0.3, 0.4) is 0 Å². The van der Waals surface area contributed by atoms with Gasteiger partial charge in [0.25, 0.3) is 0 Å². The summed E-state index contributed by atoms with van der Waals surface area (Å²) in [5.41, 5.74) is 2.62. The van der Waals surface area contributed by atoms with Crippen molar-refractivity contribution in [3.63, 3.8) is 0 Å². The Morgan fingerprint density at radius 1 is 1.22 bits per heavy atom. The second-order valence-electron chi connectivity index (χ2n) is 6.80. The number of aliphatic carboxylic acids is 1. The molecule has 0 bridgehead atoms. The molecule has 1 aromatic carbocycles. The van der Waals surface area contributed by atoms with E-state index in [1.165, 1.54) is 0 Å². The molecule has 1 aliphatic heterocycles. The first kappa shape index (κ1) is 19.2. The second-order valence-corrected chi connectivity index (χ2v) is 6.80. The average Bonchev–Trinajstić information content (AvgIpc) is 2.68. The Labute approximate surface area is 159 Å². The average molecular weight is 370 g/mol. The van der Waals surface area contributed by atoms with Gasteiger partial charge in [-0.25, -0.2) is 0 Å². The number of pyridine rings is 1. The van der Waals surface area contributed by atoms with E-state index in [-0.39, 0.29) is 6.04 Å². The zero-order valence-electron chi connectivity index (χ0n) is 16.0. The summed E-state index contributed by atoms with van der Waals surface area (Å²) in [7, 11) is 3.23. The van der Waals surface area contributed by atoms with Gasteiger partial charge in [-0.1, -0.05) is 12.5 Å². The standard InChI is InChI=1S/C21H26N2O4/c1-14-7-6-8-17(22-14)20(23-12-5-4-9-18(23)21(24)25)16-11-10-15(26-2)13-19(16)27-3/h6-8,10-11,13,18,20H,4-5,9,12H2,1-3H3,(H,24,25). The number of aryl methyl sites for hydroxylation is 1. The fourth-order valence-corrected chi connectivity index (χ4v) is 3.80. The van der Waals surface area contributed by atoms with Gasteiger partial charge in [0.2, 0.25) is 0 Å². The van der Waals surface area contributed by atoms with Crippen LogP contribution in [-0.4, -0.2) is 47.8 Å². The minimum Gasteiger partial charge on any atom is -0.497 e. The van der Waals surface area contributed by atoms with Crippen molar-refractivity contribution in [2.45, 2.75) is 38.3 Å². The molecule has 0 aliphatic carbocycles. The van der Waals surface area contributed by atoms with Crippen molar-refractivity contribution in [1.82, 2.24) is 9.88 Å². The van der Waals surface area contributed by atoms with E-state index in [9.17, 15) is 9.90 Å². The first-order valence-electron chi connectivity index (χ1n) is 9.19. The topological polar surface area (TPSA) is 71.9 Å². The number of carboxylic acid groups (broad SMARTS) is 1. The van der Waals surface area contributed by atoms with Crippen LogP contribution >= 0.6 is 0 Å². The molecule has 3 rings (SSSR count). The van der Waals surface area contributed by atoms with Gasteiger partial charge in [-0.15, -0.1) is 0 Å². The number of likely N-dealkylation sites (tertiary alicyclic amines) is 1. The van der Waals surface area contributed by atoms with Gasteiger partial charge in [0.15, 0.2) is 0 Å². The largest absolute Gasteiger partial charge is 0.497 e. The molecule has 1 saturated heterocycles. The summed E-state index contributed by atoms with van der Waals surface area (Å²) < 4.78 is 10.9. The zero-order chi connectivity index (χ0) is 19.4. The smallest absolute Gasteiger partial charge is 0.320 e. The molecule has 0 amide bonds. The fraction of sp³-hybridized carbons (Fsp3) is 0.429. The van der Waals surface area contributed by atoms with Crippen LogP contribution in [0.1, 0.15) is 42.3 Å². The molecule has 1 aliphatic rings. The molecule has 144 valence electrons. The highest BCUT2D eigenvalue weighted by Gasteiger charge is 2.37. The van der Waals surface area contributed by atoms with E-state index in [1.54, 1.807) is 14.2 Å². The molecule has 0 spiro atoms. The van der Waals surface area contributed by atoms with E-state index in [2.05, 4.69) is 0 Å². The number of rotatable bonds is 6. The van der Waals surface area contributed by atoms with Gasteiger partial charge in [-0.2, -0.15) is 0 Å². The Morgan fingerprint density at radius 2 is 2.04 bits per heavy atom. The van der Waals surface area contributed by atoms with E-state index >= 15 is 0 Å². The molecule has 0 saturated carbocycles. The molecular weight excluding hydrogens is 344 g/mol. The summed E-state index contributed by atoms with van der Waals surface area (Å²) in [5, 5.41) is 9.80. The van der Waals surface area contributed by atoms with Crippen LogP contribution in [0.4, 0.5) is 0 Å². The van der Waals surface area contributed by atoms with Crippen molar-refractivity contribution in [3.05, 3.63) is 53.3 Å². The van der Waals surface area contributed by atoms with Gasteiger partial charge in [0.1, 0.15) is 17.5 Å². The minimum atomic E-state index is -0.792. The van der Waals surface area contributed by atoms with E-state index in [4.69, 9.17) is 14.5 Å². The number of ether oxygens (including phenoxy) is 2. The van der Waals surface area contributed by atoms with Gasteiger partial charge in [0.05, 0.1) is 26.0 Å². The molecule has 6 nitrogen and oxygen atoms in total. The third-order valence-electron chi connectivity index (χ3n) is 5.09. The monoisotopic (exact) mass is 370 g/mol. The number of methoxy groups -OCH3 is 2. The zero-order valence-corrected chi connectivity index (χ0v) is 16.0. The quantitative estimate of drug-likeness (QED) is 0.840. The summed E-state index contributed by atoms with van der Waals surface area (Å²) in [6.45, 7) is 2.64. The molecule has 1 N–H and O–H groups in total. The number of benzene rings is 1. The van der Waals surface area contributed by atoms with E-state index in [0.29, 0.717) is 24.5 Å². The third-order valence-corrected chi connectivity index (χ3v) is 5.09. The van der Waals surface area contributed by atoms with Gasteiger partial charge in [0, 0.05) is 17.3 Å². The molecule has 2 atom stereocenters. The van der Waals surface area contributed by atoms with Gasteiger partial charge >= 0.3 is 5.97 Å². The summed E-state index contributed by atoms with van der Waals surface area (Å²) in [6.07, 6.45) is 2.52. The molecule has 27 heavy (non-hydrogen) atoms. The van der Waals surface area contributed by atoms with E-state index in [1.807, 2.05) is 48.2 Å². The van der Waals surface area contributed by atoms with Crippen LogP contribution < -0.4 is 9.47 Å². The summed E-state index contributed by atoms with van der Waals surface area (Å²) >= 11 is 0. The van der Waals surface area contributed by atoms with Crippen molar-refractivity contribution in [3.8, 4) is 11.5 Å². The summed E-state index contributed by atoms with van der Waals surface area (Å²) in [6, 6.07) is 10.7. The van der Waals surface area contributed by atoms with Crippen molar-refractivity contribution >= 4 is 5.97 Å². The number of piperidine rings is 1. The van der Waals surface area contributed by atoms with Crippen LogP contribution in [0.5, 0.6) is 11.5 Å². The van der Waals surface area contributed by atoms with Crippen molar-refractivity contribution in [2.75, 3.05) is 20.8 Å². The molecule has 1 fully saturated rings. The summed E-state index contributed by atoms with van der Waals surface area (Å²) in [5.74, 6) is 0.567. The Bertz CT molecular complexity index is 809. The molecule has 2 unspecified atom stereocenters. The lowest BCUT2D eigenvalue weighted by Crippen LogP contribution is -2.47. The lowest BCUT2D eigenvalue weighted by molar-refractivity contribution is -0.145. The Balaban J connectivity index is 2.15. The van der Waals surface area contributed by atoms with Gasteiger partial charge < -0.3 is 14.6 Å². The van der Waals surface area contributed by atoms with Crippen molar-refractivity contribution in [1.29, 1.82) is 0 Å². The maximum absolute atomic E-state index is 11.9. The normalized spacial score (nSPS) is 18.7. The molecule has 2 heterocycles. The van der Waals surface area contributed by atoms with Crippen molar-refractivity contribution < 1.29 is 19.4 Å². The number of hydrogen-bond acceptors (Lipinski definition) is 5.